The highest BCUT2D eigenvalue weighted by molar-refractivity contribution is 5.84. The predicted molar refractivity (Wildman–Crippen MR) is 117 cm³/mol. The van der Waals surface area contributed by atoms with Crippen LogP contribution < -0.4 is 5.32 Å². The van der Waals surface area contributed by atoms with Crippen LogP contribution in [0.3, 0.4) is 0 Å². The average molecular weight is 387 g/mol. The molecule has 0 saturated heterocycles. The van der Waals surface area contributed by atoms with Gasteiger partial charge in [0, 0.05) is 6.54 Å². The molecule has 3 rings (SSSR count). The Morgan fingerprint density at radius 2 is 1.62 bits per heavy atom. The lowest BCUT2D eigenvalue weighted by Crippen LogP contribution is -2.32. The summed E-state index contributed by atoms with van der Waals surface area (Å²) in [5.41, 5.74) is 4.12. The van der Waals surface area contributed by atoms with Gasteiger partial charge in [0.1, 0.15) is 5.82 Å². The lowest BCUT2D eigenvalue weighted by Gasteiger charge is -2.22. The quantitative estimate of drug-likeness (QED) is 0.539. The van der Waals surface area contributed by atoms with Crippen LogP contribution in [0.1, 0.15) is 35.1 Å². The van der Waals surface area contributed by atoms with Gasteiger partial charge in [-0.2, -0.15) is 0 Å². The normalized spacial score (nSPS) is 13.2. The van der Waals surface area contributed by atoms with Gasteiger partial charge >= 0.3 is 0 Å². The third-order valence-corrected chi connectivity index (χ3v) is 5.02. The standard InChI is InChI=1S/C26H26FNO/c1-19-8-14-23(15-9-19)25(26(29)28-18-22-6-4-3-5-7-22)20(2)10-11-21-12-16-24(27)17-13-21/h3-17,20,25H,18H2,1-2H3,(H,28,29)/b11-10+/t20-,25-/m0/s1. The summed E-state index contributed by atoms with van der Waals surface area (Å²) < 4.78 is 13.1. The van der Waals surface area contributed by atoms with Gasteiger partial charge < -0.3 is 5.32 Å². The van der Waals surface area contributed by atoms with E-state index in [0.717, 1.165) is 22.3 Å². The van der Waals surface area contributed by atoms with Gasteiger partial charge in [-0.05, 0) is 41.7 Å². The second kappa shape index (κ2) is 9.83. The molecule has 3 aromatic carbocycles. The van der Waals surface area contributed by atoms with Gasteiger partial charge in [-0.3, -0.25) is 4.79 Å². The SMILES string of the molecule is Cc1ccc([C@@H](C(=O)NCc2ccccc2)[C@@H](C)/C=C/c2ccc(F)cc2)cc1. The predicted octanol–water partition coefficient (Wildman–Crippen LogP) is 5.88. The smallest absolute Gasteiger partial charge is 0.228 e. The summed E-state index contributed by atoms with van der Waals surface area (Å²) in [5, 5.41) is 3.08. The maximum Gasteiger partial charge on any atom is 0.228 e. The van der Waals surface area contributed by atoms with E-state index in [-0.39, 0.29) is 23.6 Å². The molecule has 2 atom stereocenters. The molecular formula is C26H26FNO. The monoisotopic (exact) mass is 387 g/mol. The summed E-state index contributed by atoms with van der Waals surface area (Å²) in [6.45, 7) is 4.56. The Balaban J connectivity index is 1.78. The lowest BCUT2D eigenvalue weighted by molar-refractivity contribution is -0.123. The number of benzene rings is 3. The number of aryl methyl sites for hydroxylation is 1. The molecule has 0 aliphatic rings. The zero-order valence-corrected chi connectivity index (χ0v) is 16.8. The van der Waals surface area contributed by atoms with Crippen molar-refractivity contribution < 1.29 is 9.18 Å². The first kappa shape index (κ1) is 20.5. The van der Waals surface area contributed by atoms with E-state index in [2.05, 4.69) is 5.32 Å². The van der Waals surface area contributed by atoms with Crippen molar-refractivity contribution in [2.75, 3.05) is 0 Å². The fraction of sp³-hybridized carbons (Fsp3) is 0.192. The molecular weight excluding hydrogens is 361 g/mol. The van der Waals surface area contributed by atoms with Gasteiger partial charge in [0.25, 0.3) is 0 Å². The number of allylic oxidation sites excluding steroid dienone is 1. The van der Waals surface area contributed by atoms with Crippen molar-refractivity contribution in [1.29, 1.82) is 0 Å². The molecule has 0 unspecified atom stereocenters. The van der Waals surface area contributed by atoms with E-state index < -0.39 is 0 Å². The van der Waals surface area contributed by atoms with Crippen LogP contribution in [0.15, 0.2) is 84.9 Å². The third-order valence-electron chi connectivity index (χ3n) is 5.02. The number of carbonyl (C=O) groups excluding carboxylic acids is 1. The van der Waals surface area contributed by atoms with Crippen LogP contribution in [0.2, 0.25) is 0 Å². The molecule has 1 N–H and O–H groups in total. The van der Waals surface area contributed by atoms with Crippen molar-refractivity contribution in [3.05, 3.63) is 113 Å². The Bertz CT molecular complexity index is 946. The van der Waals surface area contributed by atoms with Gasteiger partial charge in [0.05, 0.1) is 5.92 Å². The van der Waals surface area contributed by atoms with E-state index in [9.17, 15) is 9.18 Å². The number of amides is 1. The maximum absolute atomic E-state index is 13.1. The van der Waals surface area contributed by atoms with E-state index in [1.807, 2.05) is 80.6 Å². The van der Waals surface area contributed by atoms with Crippen LogP contribution in [0.5, 0.6) is 0 Å². The molecule has 0 saturated carbocycles. The van der Waals surface area contributed by atoms with Crippen molar-refractivity contribution in [3.8, 4) is 0 Å². The molecule has 0 fully saturated rings. The Morgan fingerprint density at radius 3 is 2.28 bits per heavy atom. The average Bonchev–Trinajstić information content (AvgIpc) is 2.74. The highest BCUT2D eigenvalue weighted by Crippen LogP contribution is 2.27. The summed E-state index contributed by atoms with van der Waals surface area (Å²) in [4.78, 5) is 13.1. The van der Waals surface area contributed by atoms with Crippen LogP contribution in [0, 0.1) is 18.7 Å². The minimum Gasteiger partial charge on any atom is -0.351 e. The topological polar surface area (TPSA) is 29.1 Å². The van der Waals surface area contributed by atoms with E-state index in [1.54, 1.807) is 12.1 Å². The van der Waals surface area contributed by atoms with E-state index in [4.69, 9.17) is 0 Å². The number of rotatable bonds is 7. The van der Waals surface area contributed by atoms with Crippen molar-refractivity contribution in [3.63, 3.8) is 0 Å². The van der Waals surface area contributed by atoms with Crippen molar-refractivity contribution in [2.24, 2.45) is 5.92 Å². The van der Waals surface area contributed by atoms with Crippen molar-refractivity contribution >= 4 is 12.0 Å². The third kappa shape index (κ3) is 5.89. The molecule has 0 aromatic heterocycles. The summed E-state index contributed by atoms with van der Waals surface area (Å²) >= 11 is 0. The first-order valence-corrected chi connectivity index (χ1v) is 9.85. The molecule has 0 aliphatic carbocycles. The fourth-order valence-corrected chi connectivity index (χ4v) is 3.31. The van der Waals surface area contributed by atoms with Gasteiger partial charge in [0.2, 0.25) is 5.91 Å². The summed E-state index contributed by atoms with van der Waals surface area (Å²) in [7, 11) is 0. The van der Waals surface area contributed by atoms with E-state index in [1.165, 1.54) is 12.1 Å². The number of hydrogen-bond acceptors (Lipinski definition) is 1. The largest absolute Gasteiger partial charge is 0.351 e. The van der Waals surface area contributed by atoms with Crippen LogP contribution in [0.25, 0.3) is 6.08 Å². The Kier molecular flexibility index (Phi) is 6.96. The zero-order valence-electron chi connectivity index (χ0n) is 16.8. The van der Waals surface area contributed by atoms with Gasteiger partial charge in [0.15, 0.2) is 0 Å². The highest BCUT2D eigenvalue weighted by Gasteiger charge is 2.25. The number of carbonyl (C=O) groups is 1. The van der Waals surface area contributed by atoms with Gasteiger partial charge in [-0.25, -0.2) is 4.39 Å². The summed E-state index contributed by atoms with van der Waals surface area (Å²) in [6.07, 6.45) is 3.95. The Morgan fingerprint density at radius 1 is 0.966 bits per heavy atom. The van der Waals surface area contributed by atoms with Crippen LogP contribution in [0.4, 0.5) is 4.39 Å². The van der Waals surface area contributed by atoms with E-state index in [0.29, 0.717) is 6.54 Å². The number of nitrogens with one attached hydrogen (secondary N) is 1. The molecule has 0 radical (unpaired) electrons. The lowest BCUT2D eigenvalue weighted by atomic mass is 9.85. The molecule has 148 valence electrons. The highest BCUT2D eigenvalue weighted by atomic mass is 19.1. The minimum absolute atomic E-state index is 0.00559. The first-order chi connectivity index (χ1) is 14.0. The molecule has 29 heavy (non-hydrogen) atoms. The fourth-order valence-electron chi connectivity index (χ4n) is 3.31. The van der Waals surface area contributed by atoms with Crippen molar-refractivity contribution in [2.45, 2.75) is 26.3 Å². The molecule has 0 bridgehead atoms. The number of halogens is 1. The van der Waals surface area contributed by atoms with Gasteiger partial charge in [-0.1, -0.05) is 91.4 Å². The molecule has 3 aromatic rings. The van der Waals surface area contributed by atoms with Crippen LogP contribution in [-0.2, 0) is 11.3 Å². The molecule has 0 aliphatic heterocycles. The molecule has 2 nitrogen and oxygen atoms in total. The first-order valence-electron chi connectivity index (χ1n) is 9.85. The summed E-state index contributed by atoms with van der Waals surface area (Å²) in [6, 6.07) is 24.3. The van der Waals surface area contributed by atoms with Crippen LogP contribution in [-0.4, -0.2) is 5.91 Å². The Hall–Kier alpha value is -3.20. The molecule has 1 amide bonds. The van der Waals surface area contributed by atoms with E-state index >= 15 is 0 Å². The second-order valence-electron chi connectivity index (χ2n) is 7.36. The minimum atomic E-state index is -0.309. The van der Waals surface area contributed by atoms with Crippen LogP contribution >= 0.6 is 0 Å². The van der Waals surface area contributed by atoms with Gasteiger partial charge in [-0.15, -0.1) is 0 Å². The summed E-state index contributed by atoms with van der Waals surface area (Å²) in [5.74, 6) is -0.600. The number of hydrogen-bond donors (Lipinski definition) is 1. The van der Waals surface area contributed by atoms with Crippen molar-refractivity contribution in [1.82, 2.24) is 5.32 Å². The molecule has 0 spiro atoms. The second-order valence-corrected chi connectivity index (χ2v) is 7.36. The Labute approximate surface area is 172 Å². The maximum atomic E-state index is 13.1. The molecule has 0 heterocycles. The molecule has 3 heteroatoms. The zero-order chi connectivity index (χ0) is 20.6.